The summed E-state index contributed by atoms with van der Waals surface area (Å²) in [7, 11) is 0. The number of nitro groups is 1. The number of hydrogen-bond acceptors (Lipinski definition) is 5. The Morgan fingerprint density at radius 2 is 2.12 bits per heavy atom. The number of aromatic nitrogens is 2. The maximum absolute atomic E-state index is 12.5. The van der Waals surface area contributed by atoms with Crippen molar-refractivity contribution in [3.63, 3.8) is 0 Å². The van der Waals surface area contributed by atoms with Gasteiger partial charge in [-0.05, 0) is 22.5 Å². The summed E-state index contributed by atoms with van der Waals surface area (Å²) >= 11 is 0. The Labute approximate surface area is 139 Å². The maximum Gasteiger partial charge on any atom is 0.434 e. The summed E-state index contributed by atoms with van der Waals surface area (Å²) < 4.78 is 1.40. The van der Waals surface area contributed by atoms with E-state index in [-0.39, 0.29) is 18.4 Å². The van der Waals surface area contributed by atoms with Gasteiger partial charge >= 0.3 is 5.95 Å². The van der Waals surface area contributed by atoms with Gasteiger partial charge < -0.3 is 20.7 Å². The average molecular weight is 329 g/mol. The minimum absolute atomic E-state index is 0.118. The fourth-order valence-corrected chi connectivity index (χ4v) is 2.97. The Morgan fingerprint density at radius 3 is 2.88 bits per heavy atom. The molecule has 126 valence electrons. The molecular formula is C16H19N5O3. The molecule has 1 aromatic heterocycles. The average Bonchev–Trinajstić information content (AvgIpc) is 3.07. The topological polar surface area (TPSA) is 107 Å². The van der Waals surface area contributed by atoms with Crippen molar-refractivity contribution in [3.05, 3.63) is 57.9 Å². The molecule has 0 spiro atoms. The van der Waals surface area contributed by atoms with Gasteiger partial charge in [-0.15, -0.1) is 0 Å². The second-order valence-corrected chi connectivity index (χ2v) is 5.85. The number of aryl methyl sites for hydroxylation is 1. The zero-order valence-electron chi connectivity index (χ0n) is 13.2. The molecule has 0 aliphatic carbocycles. The number of nitrogens with two attached hydrogens (primary N) is 1. The van der Waals surface area contributed by atoms with Crippen LogP contribution in [-0.2, 0) is 24.3 Å². The van der Waals surface area contributed by atoms with E-state index in [0.29, 0.717) is 19.5 Å². The van der Waals surface area contributed by atoms with Crippen molar-refractivity contribution in [2.24, 2.45) is 5.73 Å². The second-order valence-electron chi connectivity index (χ2n) is 5.85. The van der Waals surface area contributed by atoms with Crippen LogP contribution in [0.1, 0.15) is 17.5 Å². The molecule has 1 atom stereocenters. The summed E-state index contributed by atoms with van der Waals surface area (Å²) in [6, 6.07) is 7.38. The van der Waals surface area contributed by atoms with E-state index in [1.54, 1.807) is 4.90 Å². The minimum atomic E-state index is -0.683. The minimum Gasteiger partial charge on any atom is -0.390 e. The van der Waals surface area contributed by atoms with E-state index in [4.69, 9.17) is 5.73 Å². The molecule has 8 heteroatoms. The first-order chi connectivity index (χ1) is 11.6. The largest absolute Gasteiger partial charge is 0.434 e. The molecule has 0 saturated carbocycles. The highest BCUT2D eigenvalue weighted by atomic mass is 16.6. The van der Waals surface area contributed by atoms with Gasteiger partial charge in [-0.2, -0.15) is 0 Å². The summed E-state index contributed by atoms with van der Waals surface area (Å²) in [5, 5.41) is 10.8. The van der Waals surface area contributed by atoms with E-state index < -0.39 is 11.0 Å². The summed E-state index contributed by atoms with van der Waals surface area (Å²) in [6.07, 6.45) is 4.04. The molecular weight excluding hydrogens is 310 g/mol. The van der Waals surface area contributed by atoms with Gasteiger partial charge in [0.1, 0.15) is 12.4 Å². The van der Waals surface area contributed by atoms with E-state index in [0.717, 1.165) is 12.0 Å². The van der Waals surface area contributed by atoms with Crippen LogP contribution in [0.4, 0.5) is 5.95 Å². The normalized spacial score (nSPS) is 15.0. The van der Waals surface area contributed by atoms with Crippen molar-refractivity contribution in [1.82, 2.24) is 14.5 Å². The van der Waals surface area contributed by atoms with Crippen molar-refractivity contribution >= 4 is 11.9 Å². The van der Waals surface area contributed by atoms with E-state index in [9.17, 15) is 14.9 Å². The molecule has 1 amide bonds. The summed E-state index contributed by atoms with van der Waals surface area (Å²) in [6.45, 7) is 1.50. The molecule has 3 rings (SSSR count). The first kappa shape index (κ1) is 16.1. The second kappa shape index (κ2) is 6.79. The Balaban J connectivity index is 1.59. The van der Waals surface area contributed by atoms with Crippen LogP contribution in [0.3, 0.4) is 0 Å². The lowest BCUT2D eigenvalue weighted by Crippen LogP contribution is -2.46. The Morgan fingerprint density at radius 1 is 1.38 bits per heavy atom. The van der Waals surface area contributed by atoms with Crippen molar-refractivity contribution in [1.29, 1.82) is 0 Å². The van der Waals surface area contributed by atoms with Gasteiger partial charge in [0.25, 0.3) is 0 Å². The smallest absolute Gasteiger partial charge is 0.390 e. The fraction of sp³-hybridized carbons (Fsp3) is 0.375. The molecule has 2 N–H and O–H groups in total. The van der Waals surface area contributed by atoms with Gasteiger partial charge in [-0.25, -0.2) is 4.57 Å². The number of nitrogens with zero attached hydrogens (tertiary/aromatic N) is 4. The van der Waals surface area contributed by atoms with Crippen molar-refractivity contribution in [2.45, 2.75) is 32.0 Å². The van der Waals surface area contributed by atoms with E-state index in [1.165, 1.54) is 22.5 Å². The molecule has 0 saturated heterocycles. The van der Waals surface area contributed by atoms with Crippen LogP contribution in [0, 0.1) is 10.1 Å². The predicted octanol–water partition coefficient (Wildman–Crippen LogP) is 1.09. The van der Waals surface area contributed by atoms with Crippen LogP contribution < -0.4 is 5.73 Å². The summed E-state index contributed by atoms with van der Waals surface area (Å²) in [5.41, 5.74) is 8.43. The molecule has 24 heavy (non-hydrogen) atoms. The highest BCUT2D eigenvalue weighted by Gasteiger charge is 2.25. The van der Waals surface area contributed by atoms with E-state index >= 15 is 0 Å². The molecule has 1 aliphatic rings. The van der Waals surface area contributed by atoms with Crippen LogP contribution in [0.15, 0.2) is 36.7 Å². The standard InChI is InChI=1S/C16H19N5O3/c17-14(6-9-19-10-7-18-16(19)21(23)24)15(22)20-8-5-12-3-1-2-4-13(12)11-20/h1-4,7,10,14H,5-6,8-9,11,17H2. The third-order valence-corrected chi connectivity index (χ3v) is 4.30. The molecule has 0 bridgehead atoms. The third-order valence-electron chi connectivity index (χ3n) is 4.30. The fourth-order valence-electron chi connectivity index (χ4n) is 2.97. The molecule has 8 nitrogen and oxygen atoms in total. The molecule has 0 fully saturated rings. The van der Waals surface area contributed by atoms with Gasteiger partial charge in [0.05, 0.1) is 12.6 Å². The first-order valence-corrected chi connectivity index (χ1v) is 7.83. The first-order valence-electron chi connectivity index (χ1n) is 7.83. The number of rotatable bonds is 5. The lowest BCUT2D eigenvalue weighted by atomic mass is 9.99. The highest BCUT2D eigenvalue weighted by Crippen LogP contribution is 2.19. The van der Waals surface area contributed by atoms with E-state index in [2.05, 4.69) is 11.1 Å². The lowest BCUT2D eigenvalue weighted by molar-refractivity contribution is -0.396. The predicted molar refractivity (Wildman–Crippen MR) is 87.0 cm³/mol. The molecule has 1 unspecified atom stereocenters. The summed E-state index contributed by atoms with van der Waals surface area (Å²) in [5.74, 6) is -0.353. The van der Waals surface area contributed by atoms with Crippen LogP contribution in [0.5, 0.6) is 0 Å². The number of imidazole rings is 1. The number of fused-ring (bicyclic) bond motifs is 1. The molecule has 2 aromatic rings. The zero-order valence-corrected chi connectivity index (χ0v) is 13.2. The number of amides is 1. The molecule has 0 radical (unpaired) electrons. The van der Waals surface area contributed by atoms with Crippen LogP contribution in [0.25, 0.3) is 0 Å². The molecule has 1 aromatic carbocycles. The zero-order chi connectivity index (χ0) is 17.1. The Hall–Kier alpha value is -2.74. The SMILES string of the molecule is NC(CCn1ccnc1[N+](=O)[O-])C(=O)N1CCc2ccccc2C1. The summed E-state index contributed by atoms with van der Waals surface area (Å²) in [4.78, 5) is 28.3. The number of carbonyl (C=O) groups excluding carboxylic acids is 1. The van der Waals surface area contributed by atoms with Crippen LogP contribution >= 0.6 is 0 Å². The number of hydrogen-bond donors (Lipinski definition) is 1. The van der Waals surface area contributed by atoms with Gasteiger partial charge in [0, 0.05) is 19.5 Å². The monoisotopic (exact) mass is 329 g/mol. The van der Waals surface area contributed by atoms with Gasteiger partial charge in [0.2, 0.25) is 5.91 Å². The van der Waals surface area contributed by atoms with Crippen LogP contribution in [0.2, 0.25) is 0 Å². The highest BCUT2D eigenvalue weighted by molar-refractivity contribution is 5.81. The van der Waals surface area contributed by atoms with E-state index in [1.807, 2.05) is 18.2 Å². The quantitative estimate of drug-likeness (QED) is 0.653. The maximum atomic E-state index is 12.5. The number of benzene rings is 1. The molecule has 1 aliphatic heterocycles. The van der Waals surface area contributed by atoms with Crippen molar-refractivity contribution < 1.29 is 9.72 Å². The van der Waals surface area contributed by atoms with Gasteiger partial charge in [0.15, 0.2) is 0 Å². The Kier molecular flexibility index (Phi) is 4.57. The van der Waals surface area contributed by atoms with Crippen molar-refractivity contribution in [2.75, 3.05) is 6.54 Å². The van der Waals surface area contributed by atoms with Crippen LogP contribution in [-0.4, -0.2) is 37.9 Å². The van der Waals surface area contributed by atoms with Gasteiger partial charge in [-0.3, -0.25) is 4.79 Å². The van der Waals surface area contributed by atoms with Crippen molar-refractivity contribution in [3.8, 4) is 0 Å². The molecule has 2 heterocycles. The van der Waals surface area contributed by atoms with Gasteiger partial charge in [-0.1, -0.05) is 29.2 Å². The third kappa shape index (κ3) is 3.28. The lowest BCUT2D eigenvalue weighted by Gasteiger charge is -2.30. The Bertz CT molecular complexity index is 758. The number of carbonyl (C=O) groups is 1.